The van der Waals surface area contributed by atoms with Crippen molar-refractivity contribution in [3.8, 4) is 0 Å². The molecule has 0 rings (SSSR count). The normalized spacial score (nSPS) is 23.4. The first-order valence-electron chi connectivity index (χ1n) is 4.14. The van der Waals surface area contributed by atoms with E-state index >= 15 is 0 Å². The van der Waals surface area contributed by atoms with Crippen molar-refractivity contribution < 1.29 is 9.53 Å². The second kappa shape index (κ2) is 5.02. The Hall–Kier alpha value is 0.202. The quantitative estimate of drug-likeness (QED) is 0.534. The summed E-state index contributed by atoms with van der Waals surface area (Å²) >= 11 is 0. The van der Waals surface area contributed by atoms with E-state index in [2.05, 4.69) is 0 Å². The highest BCUT2D eigenvalue weighted by Crippen LogP contribution is 1.90. The van der Waals surface area contributed by atoms with Crippen LogP contribution < -0.4 is 0 Å². The third kappa shape index (κ3) is 6.08. The molecule has 0 amide bonds. The number of aliphatic hydroxyl groups excluding tert-OH is 1. The van der Waals surface area contributed by atoms with Gasteiger partial charge in [-0.25, -0.2) is 0 Å². The van der Waals surface area contributed by atoms with Crippen LogP contribution in [0.25, 0.3) is 0 Å². The van der Waals surface area contributed by atoms with Gasteiger partial charge in [0.1, 0.15) is 16.2 Å². The molecule has 0 aliphatic carbocycles. The third-order valence-corrected chi connectivity index (χ3v) is 1.60. The van der Waals surface area contributed by atoms with E-state index in [0.29, 0.717) is 6.42 Å². The molecule has 4 heteroatoms. The molecule has 0 saturated carbocycles. The molecular formula is C5H14BO2Si. The fraction of sp³-hybridized carbons (Fsp3) is 1.00. The maximum Gasteiger partial charge on any atom is 0.129 e. The lowest BCUT2D eigenvalue weighted by atomic mass is 10.3. The van der Waals surface area contributed by atoms with E-state index in [4.69, 9.17) is 12.1 Å². The minimum Gasteiger partial charge on any atom is -0.427 e. The Morgan fingerprint density at radius 3 is 3.33 bits per heavy atom. The highest BCUT2D eigenvalue weighted by Gasteiger charge is 2.01. The van der Waals surface area contributed by atoms with E-state index in [0.717, 1.165) is 7.40 Å². The fourth-order valence-corrected chi connectivity index (χ4v) is 0.801. The lowest BCUT2D eigenvalue weighted by Gasteiger charge is -2.10. The second-order valence-electron chi connectivity index (χ2n) is 1.98. The molecule has 2 nitrogen and oxygen atoms in total. The summed E-state index contributed by atoms with van der Waals surface area (Å²) in [4.78, 5) is 0. The first-order chi connectivity index (χ1) is 5.02. The standard InChI is InChI=1S/C5H14BO2Si/c1-3-5(7)4-8-9(2)6/h5-7,9H,3-4H2,1-2H3/i6T,9D. The molecule has 0 aliphatic heterocycles. The summed E-state index contributed by atoms with van der Waals surface area (Å²) in [5.41, 5.74) is 0. The molecule has 2 atom stereocenters. The smallest absolute Gasteiger partial charge is 0.129 e. The third-order valence-electron chi connectivity index (χ3n) is 0.975. The van der Waals surface area contributed by atoms with Crippen LogP contribution in [0.15, 0.2) is 0 Å². The van der Waals surface area contributed by atoms with Crippen molar-refractivity contribution >= 4 is 16.2 Å². The Balaban J connectivity index is 3.52. The highest BCUT2D eigenvalue weighted by atomic mass is 28.3. The van der Waals surface area contributed by atoms with Gasteiger partial charge in [0.15, 0.2) is 0 Å². The molecule has 0 aromatic rings. The fourth-order valence-electron chi connectivity index (χ4n) is 0.345. The maximum absolute atomic E-state index is 9.06. The van der Waals surface area contributed by atoms with Crippen molar-refractivity contribution in [3.63, 3.8) is 0 Å². The van der Waals surface area contributed by atoms with Crippen molar-refractivity contribution in [3.05, 3.63) is 0 Å². The van der Waals surface area contributed by atoms with Crippen LogP contribution >= 0.6 is 0 Å². The van der Waals surface area contributed by atoms with Crippen LogP contribution in [-0.2, 0) is 4.43 Å². The molecule has 9 heavy (non-hydrogen) atoms. The van der Waals surface area contributed by atoms with Gasteiger partial charge < -0.3 is 9.53 Å². The molecule has 0 fully saturated rings. The van der Waals surface area contributed by atoms with Crippen LogP contribution in [0.1, 0.15) is 13.3 Å². The monoisotopic (exact) mass is 148 g/mol. The van der Waals surface area contributed by atoms with Gasteiger partial charge in [0, 0.05) is 1.23 Å². The zero-order chi connectivity index (χ0) is 8.91. The lowest BCUT2D eigenvalue weighted by molar-refractivity contribution is 0.106. The van der Waals surface area contributed by atoms with Crippen LogP contribution in [0.4, 0.5) is 0 Å². The van der Waals surface area contributed by atoms with Crippen molar-refractivity contribution in [2.24, 2.45) is 0 Å². The summed E-state index contributed by atoms with van der Waals surface area (Å²) in [5, 5.41) is 9.06. The minimum atomic E-state index is -2.62. The van der Waals surface area contributed by atoms with Crippen LogP contribution in [0.5, 0.6) is 0 Å². The van der Waals surface area contributed by atoms with Gasteiger partial charge in [-0.3, -0.25) is 0 Å². The number of rotatable bonds is 5. The van der Waals surface area contributed by atoms with E-state index in [1.54, 1.807) is 6.55 Å². The predicted octanol–water partition coefficient (Wildman–Crippen LogP) is -0.475. The number of hydrogen-bond acceptors (Lipinski definition) is 2. The van der Waals surface area contributed by atoms with Gasteiger partial charge >= 0.3 is 0 Å². The molecular weight excluding hydrogens is 131 g/mol. The summed E-state index contributed by atoms with van der Waals surface area (Å²) in [6, 6.07) is 0. The Labute approximate surface area is 61.9 Å². The largest absolute Gasteiger partial charge is 0.427 e. The molecule has 53 valence electrons. The molecule has 0 spiro atoms. The first-order valence-corrected chi connectivity index (χ1v) is 5.05. The average Bonchev–Trinajstić information content (AvgIpc) is 2.00. The average molecular weight is 148 g/mol. The Kier molecular flexibility index (Phi) is 3.32. The van der Waals surface area contributed by atoms with Gasteiger partial charge in [0.25, 0.3) is 0 Å². The van der Waals surface area contributed by atoms with E-state index in [9.17, 15) is 0 Å². The topological polar surface area (TPSA) is 29.5 Å². The van der Waals surface area contributed by atoms with Crippen LogP contribution in [-0.4, -0.2) is 36.6 Å². The van der Waals surface area contributed by atoms with Crippen molar-refractivity contribution in [1.82, 2.24) is 0 Å². The van der Waals surface area contributed by atoms with Crippen molar-refractivity contribution in [1.29, 1.82) is 2.57 Å². The van der Waals surface area contributed by atoms with E-state index in [-0.39, 0.29) is 6.61 Å². The van der Waals surface area contributed by atoms with E-state index < -0.39 is 14.9 Å². The van der Waals surface area contributed by atoms with Crippen LogP contribution in [0.3, 0.4) is 0 Å². The summed E-state index contributed by atoms with van der Waals surface area (Å²) in [7, 11) is -1.59. The highest BCUT2D eigenvalue weighted by molar-refractivity contribution is 6.98. The molecule has 0 bridgehead atoms. The van der Waals surface area contributed by atoms with Gasteiger partial charge in [0.2, 0.25) is 0 Å². The van der Waals surface area contributed by atoms with Gasteiger partial charge in [-0.1, -0.05) is 13.5 Å². The minimum absolute atomic E-state index is 0.179. The molecule has 0 aromatic carbocycles. The van der Waals surface area contributed by atoms with Crippen LogP contribution in [0.2, 0.25) is 6.55 Å². The summed E-state index contributed by atoms with van der Waals surface area (Å²) < 4.78 is 19.3. The van der Waals surface area contributed by atoms with Gasteiger partial charge in [0.05, 0.1) is 12.7 Å². The van der Waals surface area contributed by atoms with Crippen LogP contribution in [0, 0.1) is 0 Å². The van der Waals surface area contributed by atoms with Gasteiger partial charge in [-0.05, 0) is 7.76 Å². The summed E-state index contributed by atoms with van der Waals surface area (Å²) in [5.74, 6) is 0. The Morgan fingerprint density at radius 2 is 2.89 bits per heavy atom. The molecule has 0 aromatic heterocycles. The molecule has 0 heterocycles. The second-order valence-corrected chi connectivity index (χ2v) is 3.49. The van der Waals surface area contributed by atoms with E-state index in [1.165, 1.54) is 0 Å². The Morgan fingerprint density at radius 1 is 2.22 bits per heavy atom. The van der Waals surface area contributed by atoms with Crippen molar-refractivity contribution in [2.75, 3.05) is 6.61 Å². The predicted molar refractivity (Wildman–Crippen MR) is 42.4 cm³/mol. The summed E-state index contributed by atoms with van der Waals surface area (Å²) in [6.07, 6.45) is 0.134. The molecule has 0 saturated heterocycles. The van der Waals surface area contributed by atoms with E-state index in [1.807, 2.05) is 6.92 Å². The lowest BCUT2D eigenvalue weighted by Crippen LogP contribution is -2.22. The number of aliphatic hydroxyl groups is 1. The zero-order valence-electron chi connectivity index (χ0n) is 7.92. The molecule has 1 N–H and O–H groups in total. The summed E-state index contributed by atoms with van der Waals surface area (Å²) in [6.45, 7) is 3.63. The van der Waals surface area contributed by atoms with Crippen molar-refractivity contribution in [2.45, 2.75) is 26.0 Å². The molecule has 2 unspecified atom stereocenters. The first kappa shape index (κ1) is 5.95. The Bertz CT molecular complexity index is 115. The number of hydrogen-bond donors (Lipinski definition) is 1. The molecule has 1 radical (unpaired) electrons. The zero-order valence-corrected chi connectivity index (χ0v) is 6.92. The SMILES string of the molecule is [2H][Si](C)([B][3H])OCC(O)CC. The molecule has 0 aliphatic rings. The van der Waals surface area contributed by atoms with Gasteiger partial charge in [-0.2, -0.15) is 0 Å². The maximum atomic E-state index is 9.06. The van der Waals surface area contributed by atoms with Gasteiger partial charge in [-0.15, -0.1) is 0 Å².